The molecule has 2 aromatic heterocycles. The molecule has 3 heteroatoms. The molecule has 0 atom stereocenters. The lowest BCUT2D eigenvalue weighted by Crippen LogP contribution is -1.97. The van der Waals surface area contributed by atoms with Gasteiger partial charge in [0.2, 0.25) is 0 Å². The van der Waals surface area contributed by atoms with Gasteiger partial charge in [0.1, 0.15) is 0 Å². The van der Waals surface area contributed by atoms with Gasteiger partial charge in [0, 0.05) is 33.2 Å². The number of benzene rings is 8. The third kappa shape index (κ3) is 5.47. The van der Waals surface area contributed by atoms with E-state index in [0.29, 0.717) is 11.5 Å². The van der Waals surface area contributed by atoms with Crippen molar-refractivity contribution in [2.45, 2.75) is 0 Å². The van der Waals surface area contributed by atoms with Crippen LogP contribution in [0.15, 0.2) is 200 Å². The van der Waals surface area contributed by atoms with E-state index in [0.717, 1.165) is 61.1 Å². The highest BCUT2D eigenvalue weighted by Gasteiger charge is 2.16. The average molecular weight is 684 g/mol. The van der Waals surface area contributed by atoms with Crippen LogP contribution in [-0.2, 0) is 0 Å². The van der Waals surface area contributed by atoms with E-state index in [1.807, 2.05) is 91.0 Å². The third-order valence-corrected chi connectivity index (χ3v) is 9.69. The van der Waals surface area contributed by atoms with E-state index in [2.05, 4.69) is 60.7 Å². The van der Waals surface area contributed by atoms with E-state index in [1.54, 1.807) is 0 Å². The fraction of sp³-hybridized carbons (Fsp3) is 0. The first-order valence-electron chi connectivity index (χ1n) is 21.3. The van der Waals surface area contributed by atoms with Crippen LogP contribution in [0.5, 0.6) is 0 Å². The van der Waals surface area contributed by atoms with Gasteiger partial charge in [0.05, 0.1) is 33.4 Å². The van der Waals surface area contributed by atoms with Gasteiger partial charge in [-0.3, -0.25) is 0 Å². The molecule has 8 aromatic carbocycles. The quantitative estimate of drug-likeness (QED) is 0.175. The van der Waals surface area contributed by atoms with E-state index >= 15 is 0 Å². The molecule has 0 spiro atoms. The van der Waals surface area contributed by atoms with Gasteiger partial charge < -0.3 is 4.57 Å². The molecule has 0 radical (unpaired) electrons. The zero-order valence-electron chi connectivity index (χ0n) is 36.3. The van der Waals surface area contributed by atoms with E-state index in [4.69, 9.17) is 20.9 Å². The molecule has 0 fully saturated rings. The number of fused-ring (bicyclic) bond motifs is 4. The summed E-state index contributed by atoms with van der Waals surface area (Å²) in [4.78, 5) is 10.2. The fourth-order valence-corrected chi connectivity index (χ4v) is 7.18. The second-order valence-electron chi connectivity index (χ2n) is 12.8. The van der Waals surface area contributed by atoms with Crippen LogP contribution in [0.4, 0.5) is 0 Å². The molecule has 0 aliphatic carbocycles. The zero-order chi connectivity index (χ0) is 42.1. The van der Waals surface area contributed by atoms with Gasteiger partial charge in [-0.25, -0.2) is 9.97 Å². The van der Waals surface area contributed by atoms with Crippen LogP contribution >= 0.6 is 0 Å². The van der Waals surface area contributed by atoms with Crippen LogP contribution in [0.25, 0.3) is 94.4 Å². The second kappa shape index (κ2) is 12.9. The van der Waals surface area contributed by atoms with Crippen molar-refractivity contribution in [2.24, 2.45) is 0 Å². The predicted molar refractivity (Wildman–Crippen MR) is 221 cm³/mol. The Labute approximate surface area is 319 Å². The number of aromatic nitrogens is 3. The van der Waals surface area contributed by atoms with Crippen LogP contribution in [0.2, 0.25) is 0 Å². The summed E-state index contributed by atoms with van der Waals surface area (Å²) in [7, 11) is 0. The SMILES string of the molecule is [2H]c1c([2H])c([2H])c2c(c1[2H])c1c([2H])c([2H])c([2H])c([2H])c1n2-c1ccc(-c2ccc(-c3cc(-c4cccc(-c5ccccc5)c4)nc(-c4ccccc4)n3)c3ccccc23)cc1. The van der Waals surface area contributed by atoms with Gasteiger partial charge in [0.25, 0.3) is 0 Å². The molecule has 0 N–H and O–H groups in total. The molecule has 3 nitrogen and oxygen atoms in total. The monoisotopic (exact) mass is 683 g/mol. The first kappa shape index (κ1) is 23.4. The Kier molecular flexibility index (Phi) is 5.69. The van der Waals surface area contributed by atoms with Crippen molar-refractivity contribution in [1.82, 2.24) is 14.5 Å². The summed E-state index contributed by atoms with van der Waals surface area (Å²) in [5, 5.41) is 2.07. The van der Waals surface area contributed by atoms with Crippen LogP contribution < -0.4 is 0 Å². The minimum absolute atomic E-state index is 0.0471. The maximum Gasteiger partial charge on any atom is 0.160 e. The highest BCUT2D eigenvalue weighted by molar-refractivity contribution is 6.09. The Bertz CT molecular complexity index is 3310. The molecule has 0 saturated carbocycles. The number of hydrogen-bond acceptors (Lipinski definition) is 2. The predicted octanol–water partition coefficient (Wildman–Crippen LogP) is 13.1. The van der Waals surface area contributed by atoms with Crippen molar-refractivity contribution >= 4 is 32.6 Å². The maximum absolute atomic E-state index is 8.89. The first-order valence-corrected chi connectivity index (χ1v) is 17.3. The first-order chi connectivity index (χ1) is 29.6. The van der Waals surface area contributed by atoms with Crippen LogP contribution in [0.1, 0.15) is 11.0 Å². The second-order valence-corrected chi connectivity index (χ2v) is 12.8. The van der Waals surface area contributed by atoms with Crippen molar-refractivity contribution in [3.8, 4) is 61.8 Å². The van der Waals surface area contributed by atoms with Crippen molar-refractivity contribution in [3.05, 3.63) is 200 Å². The van der Waals surface area contributed by atoms with Gasteiger partial charge in [-0.1, -0.05) is 164 Å². The van der Waals surface area contributed by atoms with Crippen molar-refractivity contribution in [1.29, 1.82) is 0 Å². The molecule has 2 heterocycles. The highest BCUT2D eigenvalue weighted by Crippen LogP contribution is 2.38. The summed E-state index contributed by atoms with van der Waals surface area (Å²) in [5.41, 5.74) is 9.06. The fourth-order valence-electron chi connectivity index (χ4n) is 7.18. The average Bonchev–Trinajstić information content (AvgIpc) is 3.68. The molecular weight excluding hydrogens is 643 g/mol. The van der Waals surface area contributed by atoms with Crippen molar-refractivity contribution < 1.29 is 11.0 Å². The Balaban J connectivity index is 1.12. The topological polar surface area (TPSA) is 30.7 Å². The van der Waals surface area contributed by atoms with E-state index in [1.165, 1.54) is 4.57 Å². The Hall–Kier alpha value is -7.10. The largest absolute Gasteiger partial charge is 0.309 e. The van der Waals surface area contributed by atoms with E-state index in [9.17, 15) is 0 Å². The van der Waals surface area contributed by atoms with Gasteiger partial charge in [-0.2, -0.15) is 0 Å². The van der Waals surface area contributed by atoms with Gasteiger partial charge in [0.15, 0.2) is 5.82 Å². The molecule has 0 bridgehead atoms. The number of para-hydroxylation sites is 2. The van der Waals surface area contributed by atoms with Crippen molar-refractivity contribution in [3.63, 3.8) is 0 Å². The Morgan fingerprint density at radius 2 is 0.925 bits per heavy atom. The van der Waals surface area contributed by atoms with Crippen LogP contribution in [0, 0.1) is 0 Å². The molecule has 10 rings (SSSR count). The summed E-state index contributed by atoms with van der Waals surface area (Å²) in [6.07, 6.45) is 0. The molecule has 10 aromatic rings. The summed E-state index contributed by atoms with van der Waals surface area (Å²) in [5.74, 6) is 0.613. The van der Waals surface area contributed by atoms with Gasteiger partial charge >= 0.3 is 0 Å². The van der Waals surface area contributed by atoms with Gasteiger partial charge in [-0.15, -0.1) is 0 Å². The molecule has 0 aliphatic rings. The minimum Gasteiger partial charge on any atom is -0.309 e. The van der Waals surface area contributed by atoms with Crippen molar-refractivity contribution in [2.75, 3.05) is 0 Å². The smallest absolute Gasteiger partial charge is 0.160 e. The third-order valence-electron chi connectivity index (χ3n) is 9.69. The lowest BCUT2D eigenvalue weighted by Gasteiger charge is -2.15. The number of hydrogen-bond donors (Lipinski definition) is 0. The highest BCUT2D eigenvalue weighted by atomic mass is 15.0. The van der Waals surface area contributed by atoms with E-state index < -0.39 is 24.2 Å². The Morgan fingerprint density at radius 1 is 0.377 bits per heavy atom. The molecule has 53 heavy (non-hydrogen) atoms. The molecule has 0 saturated heterocycles. The summed E-state index contributed by atoms with van der Waals surface area (Å²) in [6, 6.07) is 47.2. The summed E-state index contributed by atoms with van der Waals surface area (Å²) in [6.45, 7) is 0. The molecular formula is C50H33N3. The normalized spacial score (nSPS) is 13.5. The lowest BCUT2D eigenvalue weighted by atomic mass is 9.93. The number of rotatable bonds is 6. The molecule has 0 amide bonds. The summed E-state index contributed by atoms with van der Waals surface area (Å²) < 4.78 is 70.5. The zero-order valence-corrected chi connectivity index (χ0v) is 28.3. The summed E-state index contributed by atoms with van der Waals surface area (Å²) >= 11 is 0. The number of nitrogens with zero attached hydrogens (tertiary/aromatic N) is 3. The van der Waals surface area contributed by atoms with E-state index in [-0.39, 0.29) is 46.0 Å². The molecule has 0 unspecified atom stereocenters. The minimum atomic E-state index is -0.471. The standard InChI is InChI=1S/C50H33N3/c1-3-14-34(15-4-1)37-18-13-19-38(32-37)46-33-47(52-50(51-46)36-16-5-2-6-17-36)43-31-30-40(41-20-7-8-21-42(41)43)35-26-28-39(29-27-35)53-48-24-11-9-22-44(48)45-23-10-12-25-49(45)53/h1-33H/i9D,10D,11D,12D,22D,23D,24D,25D. The van der Waals surface area contributed by atoms with Crippen LogP contribution in [0.3, 0.4) is 0 Å². The maximum atomic E-state index is 8.89. The Morgan fingerprint density at radius 3 is 1.62 bits per heavy atom. The molecule has 248 valence electrons. The van der Waals surface area contributed by atoms with Gasteiger partial charge in [-0.05, 0) is 69.4 Å². The van der Waals surface area contributed by atoms with Crippen LogP contribution in [-0.4, -0.2) is 14.5 Å². The lowest BCUT2D eigenvalue weighted by molar-refractivity contribution is 1.18. The molecule has 0 aliphatic heterocycles.